The van der Waals surface area contributed by atoms with Crippen LogP contribution in [0.1, 0.15) is 42.4 Å². The highest BCUT2D eigenvalue weighted by atomic mass is 35.5. The lowest BCUT2D eigenvalue weighted by atomic mass is 10.0. The zero-order valence-electron chi connectivity index (χ0n) is 20.7. The minimum atomic E-state index is -0.748. The lowest BCUT2D eigenvalue weighted by Gasteiger charge is -2.32. The average molecular weight is 539 g/mol. The second-order valence-corrected chi connectivity index (χ2v) is 10.9. The number of amides is 2. The van der Waals surface area contributed by atoms with Gasteiger partial charge in [0.05, 0.1) is 5.75 Å². The molecule has 4 nitrogen and oxygen atoms in total. The Balaban J connectivity index is 1.57. The van der Waals surface area contributed by atoms with E-state index >= 15 is 0 Å². The van der Waals surface area contributed by atoms with Crippen molar-refractivity contribution in [1.82, 2.24) is 10.2 Å². The van der Waals surface area contributed by atoms with Crippen molar-refractivity contribution in [3.8, 4) is 0 Å². The van der Waals surface area contributed by atoms with Crippen LogP contribution in [-0.4, -0.2) is 34.6 Å². The van der Waals surface area contributed by atoms with Crippen LogP contribution in [0, 0.1) is 5.82 Å². The number of nitrogens with zero attached hydrogens (tertiary/aromatic N) is 1. The van der Waals surface area contributed by atoms with Crippen molar-refractivity contribution < 1.29 is 14.0 Å². The van der Waals surface area contributed by atoms with Gasteiger partial charge in [-0.3, -0.25) is 9.59 Å². The van der Waals surface area contributed by atoms with Gasteiger partial charge in [0, 0.05) is 35.3 Å². The van der Waals surface area contributed by atoms with E-state index in [1.165, 1.54) is 17.8 Å². The van der Waals surface area contributed by atoms with Gasteiger partial charge in [-0.15, -0.1) is 11.8 Å². The SMILES string of the molecule is O=C(NC1CCCC1)[C@@H](Cc1ccccc1)N(Cc1ccccc1F)C(=O)CSCc1cccc(Cl)c1. The van der Waals surface area contributed by atoms with Crippen LogP contribution in [0.4, 0.5) is 4.39 Å². The van der Waals surface area contributed by atoms with Gasteiger partial charge < -0.3 is 10.2 Å². The van der Waals surface area contributed by atoms with Gasteiger partial charge in [-0.1, -0.05) is 85.1 Å². The monoisotopic (exact) mass is 538 g/mol. The molecular formula is C30H32ClFN2O2S. The first-order valence-corrected chi connectivity index (χ1v) is 14.2. The minimum absolute atomic E-state index is 0.0266. The van der Waals surface area contributed by atoms with Crippen molar-refractivity contribution in [2.24, 2.45) is 0 Å². The molecule has 1 N–H and O–H groups in total. The van der Waals surface area contributed by atoms with Gasteiger partial charge >= 0.3 is 0 Å². The predicted octanol–water partition coefficient (Wildman–Crippen LogP) is 6.41. The molecule has 7 heteroatoms. The van der Waals surface area contributed by atoms with Crippen LogP contribution >= 0.6 is 23.4 Å². The topological polar surface area (TPSA) is 49.4 Å². The Morgan fingerprint density at radius 2 is 1.68 bits per heavy atom. The van der Waals surface area contributed by atoms with Crippen molar-refractivity contribution in [1.29, 1.82) is 0 Å². The third-order valence-corrected chi connectivity index (χ3v) is 7.88. The van der Waals surface area contributed by atoms with Crippen molar-refractivity contribution in [2.75, 3.05) is 5.75 Å². The highest BCUT2D eigenvalue weighted by Crippen LogP contribution is 2.22. The number of thioether (sulfide) groups is 1. The van der Waals surface area contributed by atoms with Gasteiger partial charge in [0.15, 0.2) is 0 Å². The Morgan fingerprint density at radius 1 is 0.973 bits per heavy atom. The molecule has 0 radical (unpaired) electrons. The molecule has 1 aliphatic carbocycles. The summed E-state index contributed by atoms with van der Waals surface area (Å²) in [6.45, 7) is 0.0266. The first-order chi connectivity index (χ1) is 18.0. The second kappa shape index (κ2) is 13.6. The Morgan fingerprint density at radius 3 is 2.41 bits per heavy atom. The third-order valence-electron chi connectivity index (χ3n) is 6.65. The number of halogens is 2. The first kappa shape index (κ1) is 27.2. The molecule has 0 saturated heterocycles. The lowest BCUT2D eigenvalue weighted by Crippen LogP contribution is -2.52. The number of carbonyl (C=O) groups excluding carboxylic acids is 2. The molecule has 0 unspecified atom stereocenters. The number of hydrogen-bond acceptors (Lipinski definition) is 3. The first-order valence-electron chi connectivity index (χ1n) is 12.7. The van der Waals surface area contributed by atoms with Crippen LogP contribution in [0.25, 0.3) is 0 Å². The molecule has 2 amide bonds. The van der Waals surface area contributed by atoms with Crippen molar-refractivity contribution >= 4 is 35.2 Å². The summed E-state index contributed by atoms with van der Waals surface area (Å²) in [5.74, 6) is 0.0139. The third kappa shape index (κ3) is 8.08. The molecular weight excluding hydrogens is 507 g/mol. The van der Waals surface area contributed by atoms with E-state index in [-0.39, 0.29) is 36.0 Å². The molecule has 0 bridgehead atoms. The fourth-order valence-electron chi connectivity index (χ4n) is 4.70. The highest BCUT2D eigenvalue weighted by molar-refractivity contribution is 7.99. The van der Waals surface area contributed by atoms with Crippen LogP contribution in [0.15, 0.2) is 78.9 Å². The van der Waals surface area contributed by atoms with Gasteiger partial charge in [-0.25, -0.2) is 4.39 Å². The van der Waals surface area contributed by atoms with Crippen LogP contribution in [0.2, 0.25) is 5.02 Å². The summed E-state index contributed by atoms with van der Waals surface area (Å²) in [6, 6.07) is 23.0. The molecule has 0 aliphatic heterocycles. The molecule has 0 heterocycles. The average Bonchev–Trinajstić information content (AvgIpc) is 3.41. The van der Waals surface area contributed by atoms with E-state index < -0.39 is 6.04 Å². The van der Waals surface area contributed by atoms with Gasteiger partial charge in [0.2, 0.25) is 11.8 Å². The lowest BCUT2D eigenvalue weighted by molar-refractivity contribution is -0.139. The summed E-state index contributed by atoms with van der Waals surface area (Å²) in [5.41, 5.74) is 2.36. The summed E-state index contributed by atoms with van der Waals surface area (Å²) in [7, 11) is 0. The van der Waals surface area contributed by atoms with Crippen molar-refractivity contribution in [2.45, 2.75) is 56.5 Å². The molecule has 0 aromatic heterocycles. The van der Waals surface area contributed by atoms with Crippen LogP contribution in [0.5, 0.6) is 0 Å². The van der Waals surface area contributed by atoms with Crippen molar-refractivity contribution in [3.63, 3.8) is 0 Å². The number of nitrogens with one attached hydrogen (secondary N) is 1. The predicted molar refractivity (Wildman–Crippen MR) is 149 cm³/mol. The van der Waals surface area contributed by atoms with E-state index in [9.17, 15) is 14.0 Å². The van der Waals surface area contributed by atoms with Gasteiger partial charge in [-0.2, -0.15) is 0 Å². The smallest absolute Gasteiger partial charge is 0.243 e. The standard InChI is InChI=1S/C30H32ClFN2O2S/c31-25-13-8-11-23(17-25)20-37-21-29(35)34(19-24-12-4-7-16-27(24)32)28(18-22-9-2-1-3-10-22)30(36)33-26-14-5-6-15-26/h1-4,7-13,16-17,26,28H,5-6,14-15,18-21H2,(H,33,36)/t28-/m1/s1. The maximum absolute atomic E-state index is 14.7. The largest absolute Gasteiger partial charge is 0.352 e. The van der Waals surface area contributed by atoms with E-state index in [0.29, 0.717) is 22.8 Å². The van der Waals surface area contributed by atoms with E-state index in [4.69, 9.17) is 11.6 Å². The normalized spacial score (nSPS) is 14.3. The van der Waals surface area contributed by atoms with E-state index in [1.54, 1.807) is 23.1 Å². The molecule has 3 aromatic rings. The Kier molecular flexibility index (Phi) is 10.0. The zero-order chi connectivity index (χ0) is 26.0. The zero-order valence-corrected chi connectivity index (χ0v) is 22.3. The minimum Gasteiger partial charge on any atom is -0.352 e. The van der Waals surface area contributed by atoms with E-state index in [0.717, 1.165) is 36.8 Å². The fourth-order valence-corrected chi connectivity index (χ4v) is 5.77. The summed E-state index contributed by atoms with van der Waals surface area (Å²) in [5, 5.41) is 3.83. The molecule has 1 aliphatic rings. The molecule has 194 valence electrons. The summed E-state index contributed by atoms with van der Waals surface area (Å²) in [4.78, 5) is 28.9. The summed E-state index contributed by atoms with van der Waals surface area (Å²) in [6.07, 6.45) is 4.43. The van der Waals surface area contributed by atoms with Gasteiger partial charge in [-0.05, 0) is 42.2 Å². The van der Waals surface area contributed by atoms with E-state index in [1.807, 2.05) is 54.6 Å². The maximum Gasteiger partial charge on any atom is 0.243 e. The van der Waals surface area contributed by atoms with Crippen LogP contribution in [-0.2, 0) is 28.3 Å². The Labute approximate surface area is 227 Å². The summed E-state index contributed by atoms with van der Waals surface area (Å²) >= 11 is 7.56. The van der Waals surface area contributed by atoms with Gasteiger partial charge in [0.25, 0.3) is 0 Å². The number of carbonyl (C=O) groups is 2. The van der Waals surface area contributed by atoms with Crippen molar-refractivity contribution in [3.05, 3.63) is 106 Å². The quantitative estimate of drug-likeness (QED) is 0.307. The molecule has 37 heavy (non-hydrogen) atoms. The van der Waals surface area contributed by atoms with Gasteiger partial charge in [0.1, 0.15) is 11.9 Å². The fraction of sp³-hybridized carbons (Fsp3) is 0.333. The molecule has 3 aromatic carbocycles. The second-order valence-electron chi connectivity index (χ2n) is 9.43. The summed E-state index contributed by atoms with van der Waals surface area (Å²) < 4.78 is 14.7. The Hall–Kier alpha value is -2.83. The Bertz CT molecular complexity index is 1190. The molecule has 1 fully saturated rings. The van der Waals surface area contributed by atoms with Crippen LogP contribution < -0.4 is 5.32 Å². The molecule has 1 saturated carbocycles. The molecule has 4 rings (SSSR count). The highest BCUT2D eigenvalue weighted by Gasteiger charge is 2.32. The molecule has 0 spiro atoms. The maximum atomic E-state index is 14.7. The van der Waals surface area contributed by atoms with Crippen LogP contribution in [0.3, 0.4) is 0 Å². The number of hydrogen-bond donors (Lipinski definition) is 1. The molecule has 1 atom stereocenters. The number of benzene rings is 3. The number of rotatable bonds is 11. The van der Waals surface area contributed by atoms with E-state index in [2.05, 4.69) is 5.32 Å².